The Labute approximate surface area is 92.3 Å². The van der Waals surface area contributed by atoms with E-state index in [2.05, 4.69) is 0 Å². The van der Waals surface area contributed by atoms with Gasteiger partial charge in [0.25, 0.3) is 0 Å². The molecule has 0 aliphatic heterocycles. The molecule has 0 spiro atoms. The highest BCUT2D eigenvalue weighted by Crippen LogP contribution is 2.30. The van der Waals surface area contributed by atoms with E-state index in [1.54, 1.807) is 19.0 Å². The standard InChI is InChI=1S/C11H14F3NO/c1-15(2)10(7-16)8-3-5-9(6-4-8)11(12,13)14/h3-6,10,16H,7H2,1-2H3. The first-order valence-corrected chi connectivity index (χ1v) is 4.80. The largest absolute Gasteiger partial charge is 0.416 e. The van der Waals surface area contributed by atoms with Gasteiger partial charge in [0.05, 0.1) is 18.2 Å². The van der Waals surface area contributed by atoms with Crippen molar-refractivity contribution in [2.45, 2.75) is 12.2 Å². The van der Waals surface area contributed by atoms with E-state index in [1.165, 1.54) is 12.1 Å². The number of aliphatic hydroxyl groups is 1. The van der Waals surface area contributed by atoms with Crippen molar-refractivity contribution >= 4 is 0 Å². The van der Waals surface area contributed by atoms with Gasteiger partial charge in [-0.2, -0.15) is 13.2 Å². The summed E-state index contributed by atoms with van der Waals surface area (Å²) in [7, 11) is 3.52. The fourth-order valence-electron chi connectivity index (χ4n) is 1.46. The molecule has 5 heteroatoms. The van der Waals surface area contributed by atoms with Gasteiger partial charge in [0.1, 0.15) is 0 Å². The van der Waals surface area contributed by atoms with Crippen LogP contribution in [0, 0.1) is 0 Å². The normalized spacial score (nSPS) is 14.2. The minimum Gasteiger partial charge on any atom is -0.394 e. The third kappa shape index (κ3) is 2.96. The van der Waals surface area contributed by atoms with E-state index < -0.39 is 11.7 Å². The van der Waals surface area contributed by atoms with Crippen LogP contribution in [-0.2, 0) is 6.18 Å². The lowest BCUT2D eigenvalue weighted by Gasteiger charge is -2.22. The molecular weight excluding hydrogens is 219 g/mol. The molecule has 0 bridgehead atoms. The van der Waals surface area contributed by atoms with Crippen LogP contribution >= 0.6 is 0 Å². The Morgan fingerprint density at radius 3 is 2.00 bits per heavy atom. The van der Waals surface area contributed by atoms with Gasteiger partial charge in [-0.3, -0.25) is 0 Å². The van der Waals surface area contributed by atoms with E-state index in [0.717, 1.165) is 12.1 Å². The summed E-state index contributed by atoms with van der Waals surface area (Å²) < 4.78 is 36.9. The number of aliphatic hydroxyl groups excluding tert-OH is 1. The number of likely N-dealkylation sites (N-methyl/N-ethyl adjacent to an activating group) is 1. The van der Waals surface area contributed by atoms with E-state index in [-0.39, 0.29) is 12.6 Å². The van der Waals surface area contributed by atoms with E-state index in [1.807, 2.05) is 0 Å². The second kappa shape index (κ2) is 4.84. The van der Waals surface area contributed by atoms with Crippen molar-refractivity contribution in [2.24, 2.45) is 0 Å². The second-order valence-electron chi connectivity index (χ2n) is 3.78. The van der Waals surface area contributed by atoms with E-state index >= 15 is 0 Å². The van der Waals surface area contributed by atoms with E-state index in [0.29, 0.717) is 5.56 Å². The van der Waals surface area contributed by atoms with Crippen molar-refractivity contribution in [1.82, 2.24) is 4.90 Å². The van der Waals surface area contributed by atoms with Crippen molar-refractivity contribution in [3.05, 3.63) is 35.4 Å². The molecular formula is C11H14F3NO. The summed E-state index contributed by atoms with van der Waals surface area (Å²) in [6, 6.07) is 4.57. The molecule has 0 amide bonds. The molecule has 1 aromatic rings. The number of hydrogen-bond acceptors (Lipinski definition) is 2. The van der Waals surface area contributed by atoms with Crippen LogP contribution < -0.4 is 0 Å². The maximum Gasteiger partial charge on any atom is 0.416 e. The maximum atomic E-state index is 12.3. The lowest BCUT2D eigenvalue weighted by Crippen LogP contribution is -2.23. The third-order valence-corrected chi connectivity index (χ3v) is 2.42. The molecule has 1 rings (SSSR count). The summed E-state index contributed by atoms with van der Waals surface area (Å²) in [6.07, 6.45) is -4.31. The van der Waals surface area contributed by atoms with Gasteiger partial charge < -0.3 is 10.0 Å². The smallest absolute Gasteiger partial charge is 0.394 e. The van der Waals surface area contributed by atoms with Crippen LogP contribution in [0.4, 0.5) is 13.2 Å². The molecule has 0 saturated heterocycles. The molecule has 0 aliphatic rings. The molecule has 0 saturated carbocycles. The molecule has 1 atom stereocenters. The first-order valence-electron chi connectivity index (χ1n) is 4.80. The topological polar surface area (TPSA) is 23.5 Å². The highest BCUT2D eigenvalue weighted by Gasteiger charge is 2.30. The summed E-state index contributed by atoms with van der Waals surface area (Å²) in [5.74, 6) is 0. The predicted octanol–water partition coefficient (Wildman–Crippen LogP) is 2.30. The third-order valence-electron chi connectivity index (χ3n) is 2.42. The van der Waals surface area contributed by atoms with E-state index in [9.17, 15) is 13.2 Å². The average Bonchev–Trinajstić information content (AvgIpc) is 2.17. The summed E-state index contributed by atoms with van der Waals surface area (Å²) in [6.45, 7) is -0.127. The van der Waals surface area contributed by atoms with Crippen LogP contribution in [0.5, 0.6) is 0 Å². The summed E-state index contributed by atoms with van der Waals surface area (Å²) >= 11 is 0. The molecule has 2 nitrogen and oxygen atoms in total. The van der Waals surface area contributed by atoms with Crippen LogP contribution in [-0.4, -0.2) is 30.7 Å². The summed E-state index contributed by atoms with van der Waals surface area (Å²) in [5, 5.41) is 9.12. The molecule has 0 aromatic heterocycles. The fraction of sp³-hybridized carbons (Fsp3) is 0.455. The number of halogens is 3. The van der Waals surface area contributed by atoms with Crippen molar-refractivity contribution in [3.63, 3.8) is 0 Å². The Morgan fingerprint density at radius 1 is 1.19 bits per heavy atom. The Balaban J connectivity index is 2.94. The van der Waals surface area contributed by atoms with Gasteiger partial charge in [0.15, 0.2) is 0 Å². The zero-order chi connectivity index (χ0) is 12.3. The first kappa shape index (κ1) is 13.0. The van der Waals surface area contributed by atoms with Crippen molar-refractivity contribution in [3.8, 4) is 0 Å². The molecule has 1 aromatic carbocycles. The number of nitrogens with zero attached hydrogens (tertiary/aromatic N) is 1. The van der Waals surface area contributed by atoms with Crippen molar-refractivity contribution < 1.29 is 18.3 Å². The Hall–Kier alpha value is -1.07. The van der Waals surface area contributed by atoms with Gasteiger partial charge >= 0.3 is 6.18 Å². The summed E-state index contributed by atoms with van der Waals surface area (Å²) in [4.78, 5) is 1.75. The molecule has 16 heavy (non-hydrogen) atoms. The zero-order valence-corrected chi connectivity index (χ0v) is 9.12. The molecule has 1 N–H and O–H groups in total. The van der Waals surface area contributed by atoms with Crippen LogP contribution in [0.3, 0.4) is 0 Å². The highest BCUT2D eigenvalue weighted by molar-refractivity contribution is 5.26. The van der Waals surface area contributed by atoms with Crippen LogP contribution in [0.15, 0.2) is 24.3 Å². The number of rotatable bonds is 3. The van der Waals surface area contributed by atoms with Gasteiger partial charge in [-0.25, -0.2) is 0 Å². The fourth-order valence-corrected chi connectivity index (χ4v) is 1.46. The van der Waals surface area contributed by atoms with Gasteiger partial charge in [-0.15, -0.1) is 0 Å². The Morgan fingerprint density at radius 2 is 1.69 bits per heavy atom. The molecule has 90 valence electrons. The minimum atomic E-state index is -4.31. The van der Waals surface area contributed by atoms with E-state index in [4.69, 9.17) is 5.11 Å². The van der Waals surface area contributed by atoms with Crippen LogP contribution in [0.2, 0.25) is 0 Å². The van der Waals surface area contributed by atoms with Crippen molar-refractivity contribution in [2.75, 3.05) is 20.7 Å². The SMILES string of the molecule is CN(C)C(CO)c1ccc(C(F)(F)F)cc1. The van der Waals surface area contributed by atoms with Gasteiger partial charge in [0.2, 0.25) is 0 Å². The lowest BCUT2D eigenvalue weighted by molar-refractivity contribution is -0.137. The first-order chi connectivity index (χ1) is 7.36. The second-order valence-corrected chi connectivity index (χ2v) is 3.78. The quantitative estimate of drug-likeness (QED) is 0.865. The van der Waals surface area contributed by atoms with Gasteiger partial charge in [0, 0.05) is 0 Å². The highest BCUT2D eigenvalue weighted by atomic mass is 19.4. The molecule has 0 heterocycles. The van der Waals surface area contributed by atoms with Gasteiger partial charge in [-0.05, 0) is 31.8 Å². The number of alkyl halides is 3. The van der Waals surface area contributed by atoms with Gasteiger partial charge in [-0.1, -0.05) is 12.1 Å². The average molecular weight is 233 g/mol. The van der Waals surface area contributed by atoms with Crippen LogP contribution in [0.25, 0.3) is 0 Å². The lowest BCUT2D eigenvalue weighted by atomic mass is 10.0. The molecule has 1 unspecified atom stereocenters. The summed E-state index contributed by atoms with van der Waals surface area (Å²) in [5.41, 5.74) is -0.00723. The molecule has 0 aliphatic carbocycles. The zero-order valence-electron chi connectivity index (χ0n) is 9.12. The maximum absolute atomic E-state index is 12.3. The Bertz CT molecular complexity index is 332. The monoisotopic (exact) mass is 233 g/mol. The predicted molar refractivity (Wildman–Crippen MR) is 55.0 cm³/mol. The van der Waals surface area contributed by atoms with Crippen molar-refractivity contribution in [1.29, 1.82) is 0 Å². The van der Waals surface area contributed by atoms with Crippen LogP contribution in [0.1, 0.15) is 17.2 Å². The number of benzene rings is 1. The minimum absolute atomic E-state index is 0.127. The number of hydrogen-bond donors (Lipinski definition) is 1. The molecule has 0 fully saturated rings. The Kier molecular flexibility index (Phi) is 3.93. The molecule has 0 radical (unpaired) electrons.